The van der Waals surface area contributed by atoms with E-state index in [0.717, 1.165) is 18.6 Å². The summed E-state index contributed by atoms with van der Waals surface area (Å²) in [5, 5.41) is 15.4. The molecule has 1 aromatic heterocycles. The van der Waals surface area contributed by atoms with Gasteiger partial charge in [-0.05, 0) is 12.8 Å². The first-order chi connectivity index (χ1) is 8.24. The number of aromatic nitrogens is 1. The number of aliphatic hydroxyl groups excluding tert-OH is 1. The number of ether oxygens (including phenoxy) is 1. The second kappa shape index (κ2) is 5.29. The quantitative estimate of drug-likeness (QED) is 0.746. The molecule has 6 nitrogen and oxygen atoms in total. The van der Waals surface area contributed by atoms with E-state index in [-0.39, 0.29) is 24.8 Å². The summed E-state index contributed by atoms with van der Waals surface area (Å²) in [5.74, 6) is 0.843. The molecule has 1 aliphatic rings. The highest BCUT2D eigenvalue weighted by Crippen LogP contribution is 2.40. The van der Waals surface area contributed by atoms with Crippen molar-refractivity contribution in [3.05, 3.63) is 17.5 Å². The van der Waals surface area contributed by atoms with Crippen LogP contribution in [0.15, 0.2) is 10.6 Å². The summed E-state index contributed by atoms with van der Waals surface area (Å²) in [5.41, 5.74) is 0.251. The third-order valence-electron chi connectivity index (χ3n) is 2.66. The minimum Gasteiger partial charge on any atom is -0.394 e. The molecular weight excluding hydrogens is 224 g/mol. The molecule has 1 aromatic rings. The molecule has 2 N–H and O–H groups in total. The first kappa shape index (κ1) is 12.1. The van der Waals surface area contributed by atoms with Crippen molar-refractivity contribution in [1.29, 1.82) is 0 Å². The Kier molecular flexibility index (Phi) is 3.75. The fraction of sp³-hybridized carbons (Fsp3) is 0.636. The molecule has 6 heteroatoms. The second-order valence-electron chi connectivity index (χ2n) is 4.20. The number of amides is 1. The van der Waals surface area contributed by atoms with Crippen LogP contribution in [0.1, 0.15) is 35.0 Å². The minimum absolute atomic E-state index is 0.174. The zero-order chi connectivity index (χ0) is 12.3. The van der Waals surface area contributed by atoms with Crippen molar-refractivity contribution in [2.45, 2.75) is 24.8 Å². The smallest absolute Gasteiger partial charge is 0.273 e. The highest BCUT2D eigenvalue weighted by molar-refractivity contribution is 5.92. The Morgan fingerprint density at radius 1 is 1.76 bits per heavy atom. The highest BCUT2D eigenvalue weighted by Gasteiger charge is 2.29. The first-order valence-corrected chi connectivity index (χ1v) is 5.62. The minimum atomic E-state index is -0.423. The fourth-order valence-electron chi connectivity index (χ4n) is 1.56. The van der Waals surface area contributed by atoms with Gasteiger partial charge < -0.3 is 19.7 Å². The van der Waals surface area contributed by atoms with Crippen LogP contribution in [0.25, 0.3) is 0 Å². The first-order valence-electron chi connectivity index (χ1n) is 5.62. The van der Waals surface area contributed by atoms with Crippen molar-refractivity contribution < 1.29 is 19.2 Å². The van der Waals surface area contributed by atoms with Crippen molar-refractivity contribution >= 4 is 5.91 Å². The van der Waals surface area contributed by atoms with Crippen LogP contribution in [0.5, 0.6) is 0 Å². The van der Waals surface area contributed by atoms with Gasteiger partial charge >= 0.3 is 0 Å². The van der Waals surface area contributed by atoms with E-state index in [4.69, 9.17) is 14.4 Å². The molecule has 0 bridgehead atoms. The Morgan fingerprint density at radius 3 is 3.12 bits per heavy atom. The fourth-order valence-corrected chi connectivity index (χ4v) is 1.56. The van der Waals surface area contributed by atoms with Crippen LogP contribution in [-0.4, -0.2) is 42.5 Å². The largest absolute Gasteiger partial charge is 0.394 e. The van der Waals surface area contributed by atoms with Gasteiger partial charge in [-0.1, -0.05) is 5.16 Å². The number of aliphatic hydroxyl groups is 1. The zero-order valence-electron chi connectivity index (χ0n) is 9.68. The molecule has 0 aliphatic heterocycles. The van der Waals surface area contributed by atoms with E-state index in [1.807, 2.05) is 0 Å². The topological polar surface area (TPSA) is 84.6 Å². The zero-order valence-corrected chi connectivity index (χ0v) is 9.68. The molecule has 0 radical (unpaired) electrons. The number of nitrogens with one attached hydrogen (secondary N) is 1. The van der Waals surface area contributed by atoms with Crippen LogP contribution >= 0.6 is 0 Å². The van der Waals surface area contributed by atoms with Gasteiger partial charge in [-0.25, -0.2) is 0 Å². The summed E-state index contributed by atoms with van der Waals surface area (Å²) >= 11 is 0. The molecular formula is C11H16N2O4. The molecule has 1 aliphatic carbocycles. The van der Waals surface area contributed by atoms with Crippen LogP contribution < -0.4 is 5.32 Å². The SMILES string of the molecule is COCC(CO)NC(=O)c1cc(C2CC2)on1. The van der Waals surface area contributed by atoms with E-state index in [9.17, 15) is 4.79 Å². The summed E-state index contributed by atoms with van der Waals surface area (Å²) in [6.07, 6.45) is 2.19. The van der Waals surface area contributed by atoms with Gasteiger partial charge in [0.05, 0.1) is 19.3 Å². The molecule has 0 spiro atoms. The van der Waals surface area contributed by atoms with Gasteiger partial charge in [-0.3, -0.25) is 4.79 Å². The molecule has 1 fully saturated rings. The maximum Gasteiger partial charge on any atom is 0.273 e. The van der Waals surface area contributed by atoms with E-state index < -0.39 is 6.04 Å². The van der Waals surface area contributed by atoms with Gasteiger partial charge in [0, 0.05) is 19.1 Å². The summed E-state index contributed by atoms with van der Waals surface area (Å²) in [6, 6.07) is 1.24. The average molecular weight is 240 g/mol. The van der Waals surface area contributed by atoms with Crippen molar-refractivity contribution in [3.8, 4) is 0 Å². The lowest BCUT2D eigenvalue weighted by molar-refractivity contribution is 0.0831. The van der Waals surface area contributed by atoms with E-state index >= 15 is 0 Å². The average Bonchev–Trinajstić information content (AvgIpc) is 3.06. The van der Waals surface area contributed by atoms with Crippen LogP contribution in [0, 0.1) is 0 Å². The van der Waals surface area contributed by atoms with Gasteiger partial charge in [-0.2, -0.15) is 0 Å². The van der Waals surface area contributed by atoms with Gasteiger partial charge in [0.15, 0.2) is 5.69 Å². The standard InChI is InChI=1S/C11H16N2O4/c1-16-6-8(5-14)12-11(15)9-4-10(17-13-9)7-2-3-7/h4,7-8,14H,2-3,5-6H2,1H3,(H,12,15). The lowest BCUT2D eigenvalue weighted by Gasteiger charge is -2.13. The molecule has 1 saturated carbocycles. The van der Waals surface area contributed by atoms with Crippen molar-refractivity contribution in [2.24, 2.45) is 0 Å². The predicted octanol–water partition coefficient (Wildman–Crippen LogP) is 0.289. The monoisotopic (exact) mass is 240 g/mol. The van der Waals surface area contributed by atoms with Crippen LogP contribution in [-0.2, 0) is 4.74 Å². The summed E-state index contributed by atoms with van der Waals surface area (Å²) in [7, 11) is 1.51. The van der Waals surface area contributed by atoms with Crippen LogP contribution in [0.3, 0.4) is 0 Å². The molecule has 0 aromatic carbocycles. The van der Waals surface area contributed by atoms with E-state index in [2.05, 4.69) is 10.5 Å². The van der Waals surface area contributed by atoms with Gasteiger partial charge in [0.1, 0.15) is 5.76 Å². The Hall–Kier alpha value is -1.40. The van der Waals surface area contributed by atoms with E-state index in [1.165, 1.54) is 7.11 Å². The summed E-state index contributed by atoms with van der Waals surface area (Å²) < 4.78 is 9.95. The highest BCUT2D eigenvalue weighted by atomic mass is 16.5. The molecule has 94 valence electrons. The molecule has 17 heavy (non-hydrogen) atoms. The maximum atomic E-state index is 11.7. The third kappa shape index (κ3) is 3.04. The van der Waals surface area contributed by atoms with Crippen molar-refractivity contribution in [2.75, 3.05) is 20.3 Å². The number of nitrogens with zero attached hydrogens (tertiary/aromatic N) is 1. The Balaban J connectivity index is 1.93. The molecule has 1 atom stereocenters. The maximum absolute atomic E-state index is 11.7. The normalized spacial score (nSPS) is 16.8. The van der Waals surface area contributed by atoms with Gasteiger partial charge in [0.2, 0.25) is 0 Å². The molecule has 1 amide bonds. The molecule has 1 unspecified atom stereocenters. The Morgan fingerprint density at radius 2 is 2.53 bits per heavy atom. The van der Waals surface area contributed by atoms with Crippen molar-refractivity contribution in [3.63, 3.8) is 0 Å². The van der Waals surface area contributed by atoms with Crippen LogP contribution in [0.2, 0.25) is 0 Å². The lowest BCUT2D eigenvalue weighted by Crippen LogP contribution is -2.40. The third-order valence-corrected chi connectivity index (χ3v) is 2.66. The number of rotatable bonds is 6. The number of carbonyl (C=O) groups is 1. The molecule has 2 rings (SSSR count). The number of carbonyl (C=O) groups excluding carboxylic acids is 1. The number of hydrogen-bond acceptors (Lipinski definition) is 5. The molecule has 1 heterocycles. The number of methoxy groups -OCH3 is 1. The van der Waals surface area contributed by atoms with E-state index in [1.54, 1.807) is 6.07 Å². The summed E-state index contributed by atoms with van der Waals surface area (Å²) in [6.45, 7) is 0.0858. The number of hydrogen-bond donors (Lipinski definition) is 2. The Bertz CT molecular complexity index is 387. The van der Waals surface area contributed by atoms with Gasteiger partial charge in [-0.15, -0.1) is 0 Å². The molecule has 0 saturated heterocycles. The lowest BCUT2D eigenvalue weighted by atomic mass is 10.2. The van der Waals surface area contributed by atoms with Crippen molar-refractivity contribution in [1.82, 2.24) is 10.5 Å². The van der Waals surface area contributed by atoms with Crippen LogP contribution in [0.4, 0.5) is 0 Å². The predicted molar refractivity (Wildman–Crippen MR) is 58.7 cm³/mol. The van der Waals surface area contributed by atoms with E-state index in [0.29, 0.717) is 5.92 Å². The van der Waals surface area contributed by atoms with Gasteiger partial charge in [0.25, 0.3) is 5.91 Å². The summed E-state index contributed by atoms with van der Waals surface area (Å²) in [4.78, 5) is 11.7. The second-order valence-corrected chi connectivity index (χ2v) is 4.20. The Labute approximate surface area is 98.9 Å².